The third-order valence-corrected chi connectivity index (χ3v) is 2.20. The first-order valence-corrected chi connectivity index (χ1v) is 4.71. The monoisotopic (exact) mass is 188 g/mol. The first kappa shape index (κ1) is 9.18. The Kier molecular flexibility index (Phi) is 2.46. The summed E-state index contributed by atoms with van der Waals surface area (Å²) in [4.78, 5) is 0. The number of benzene rings is 1. The van der Waals surface area contributed by atoms with Gasteiger partial charge in [0.25, 0.3) is 10.1 Å². The molecular weight excluding hydrogens is 180 g/mol. The Morgan fingerprint density at radius 2 is 1.67 bits per heavy atom. The number of aliphatic hydroxyl groups is 1. The van der Waals surface area contributed by atoms with Crippen molar-refractivity contribution < 1.29 is 18.1 Å². The van der Waals surface area contributed by atoms with Crippen molar-refractivity contribution in [1.82, 2.24) is 0 Å². The maximum absolute atomic E-state index is 10.4. The van der Waals surface area contributed by atoms with Gasteiger partial charge in [-0.25, -0.2) is 0 Å². The summed E-state index contributed by atoms with van der Waals surface area (Å²) in [6, 6.07) is 7.66. The van der Waals surface area contributed by atoms with Gasteiger partial charge in [-0.15, -0.1) is 0 Å². The van der Waals surface area contributed by atoms with E-state index in [9.17, 15) is 8.42 Å². The van der Waals surface area contributed by atoms with Crippen molar-refractivity contribution in [3.63, 3.8) is 0 Å². The third kappa shape index (κ3) is 2.04. The van der Waals surface area contributed by atoms with Crippen LogP contribution in [-0.2, 0) is 10.1 Å². The Morgan fingerprint density at radius 3 is 2.08 bits per heavy atom. The maximum Gasteiger partial charge on any atom is 0.296 e. The highest BCUT2D eigenvalue weighted by Gasteiger charge is 2.20. The largest absolute Gasteiger partial charge is 0.371 e. The van der Waals surface area contributed by atoms with E-state index >= 15 is 0 Å². The normalized spacial score (nSPS) is 14.2. The lowest BCUT2D eigenvalue weighted by Gasteiger charge is -2.05. The van der Waals surface area contributed by atoms with Crippen LogP contribution in [0.4, 0.5) is 0 Å². The summed E-state index contributed by atoms with van der Waals surface area (Å²) in [7, 11) is -4.40. The van der Waals surface area contributed by atoms with Crippen molar-refractivity contribution in [3.05, 3.63) is 35.9 Å². The van der Waals surface area contributed by atoms with E-state index in [2.05, 4.69) is 0 Å². The summed E-state index contributed by atoms with van der Waals surface area (Å²) in [5, 5.41) is 9.02. The molecule has 0 aliphatic rings. The van der Waals surface area contributed by atoms with Crippen molar-refractivity contribution in [3.8, 4) is 0 Å². The molecule has 0 unspecified atom stereocenters. The van der Waals surface area contributed by atoms with Crippen LogP contribution in [0.3, 0.4) is 0 Å². The molecule has 0 saturated carbocycles. The van der Waals surface area contributed by atoms with Crippen LogP contribution in [-0.4, -0.2) is 18.1 Å². The minimum Gasteiger partial charge on any atom is -0.371 e. The molecule has 0 heterocycles. The van der Waals surface area contributed by atoms with Gasteiger partial charge in [-0.05, 0) is 5.56 Å². The average Bonchev–Trinajstić information content (AvgIpc) is 2.03. The lowest BCUT2D eigenvalue weighted by atomic mass is 10.2. The highest BCUT2D eigenvalue weighted by molar-refractivity contribution is 7.85. The second-order valence-electron chi connectivity index (χ2n) is 2.28. The van der Waals surface area contributed by atoms with Gasteiger partial charge in [0.1, 0.15) is 0 Å². The van der Waals surface area contributed by atoms with E-state index in [1.165, 1.54) is 12.1 Å². The zero-order valence-electron chi connectivity index (χ0n) is 6.08. The van der Waals surface area contributed by atoms with Crippen LogP contribution in [0, 0.1) is 0 Å². The Hall–Kier alpha value is -0.910. The van der Waals surface area contributed by atoms with Gasteiger partial charge < -0.3 is 5.11 Å². The summed E-state index contributed by atoms with van der Waals surface area (Å²) in [6.45, 7) is 0. The van der Waals surface area contributed by atoms with Crippen LogP contribution < -0.4 is 0 Å². The summed E-state index contributed by atoms with van der Waals surface area (Å²) >= 11 is 0. The molecule has 0 spiro atoms. The van der Waals surface area contributed by atoms with Crippen LogP contribution in [0.1, 0.15) is 11.0 Å². The highest BCUT2D eigenvalue weighted by Crippen LogP contribution is 2.16. The second-order valence-corrected chi connectivity index (χ2v) is 3.75. The average molecular weight is 188 g/mol. The number of hydrogen-bond donors (Lipinski definition) is 2. The van der Waals surface area contributed by atoms with E-state index in [-0.39, 0.29) is 5.56 Å². The van der Waals surface area contributed by atoms with Crippen LogP contribution in [0.15, 0.2) is 30.3 Å². The van der Waals surface area contributed by atoms with Crippen LogP contribution in [0.2, 0.25) is 0 Å². The zero-order valence-corrected chi connectivity index (χ0v) is 6.90. The van der Waals surface area contributed by atoms with Gasteiger partial charge in [0, 0.05) is 0 Å². The topological polar surface area (TPSA) is 74.6 Å². The fourth-order valence-corrected chi connectivity index (χ4v) is 1.29. The van der Waals surface area contributed by atoms with Crippen molar-refractivity contribution in [2.24, 2.45) is 0 Å². The van der Waals surface area contributed by atoms with Gasteiger partial charge in [-0.2, -0.15) is 8.42 Å². The number of rotatable bonds is 2. The van der Waals surface area contributed by atoms with Crippen molar-refractivity contribution in [2.75, 3.05) is 0 Å². The van der Waals surface area contributed by atoms with Crippen molar-refractivity contribution in [1.29, 1.82) is 0 Å². The molecule has 5 heteroatoms. The van der Waals surface area contributed by atoms with Crippen LogP contribution in [0.25, 0.3) is 0 Å². The van der Waals surface area contributed by atoms with Crippen LogP contribution >= 0.6 is 0 Å². The minimum atomic E-state index is -4.40. The summed E-state index contributed by atoms with van der Waals surface area (Å²) in [6.07, 6.45) is 0. The molecule has 0 aromatic heterocycles. The number of hydrogen-bond acceptors (Lipinski definition) is 3. The molecule has 1 atom stereocenters. The van der Waals surface area contributed by atoms with E-state index < -0.39 is 15.6 Å². The summed E-state index contributed by atoms with van der Waals surface area (Å²) < 4.78 is 29.3. The summed E-state index contributed by atoms with van der Waals surface area (Å²) in [5.41, 5.74) is -1.70. The smallest absolute Gasteiger partial charge is 0.296 e. The second kappa shape index (κ2) is 3.22. The van der Waals surface area contributed by atoms with Gasteiger partial charge in [0.2, 0.25) is 5.44 Å². The van der Waals surface area contributed by atoms with E-state index in [0.29, 0.717) is 0 Å². The first-order chi connectivity index (χ1) is 5.52. The fourth-order valence-electron chi connectivity index (χ4n) is 0.790. The minimum absolute atomic E-state index is 0.153. The molecule has 1 rings (SSSR count). The van der Waals surface area contributed by atoms with Gasteiger partial charge in [-0.3, -0.25) is 4.55 Å². The highest BCUT2D eigenvalue weighted by atomic mass is 32.2. The Morgan fingerprint density at radius 1 is 1.17 bits per heavy atom. The van der Waals surface area contributed by atoms with Gasteiger partial charge >= 0.3 is 0 Å². The third-order valence-electron chi connectivity index (χ3n) is 1.37. The lowest BCUT2D eigenvalue weighted by molar-refractivity contribution is 0.238. The van der Waals surface area contributed by atoms with Crippen molar-refractivity contribution >= 4 is 10.1 Å². The van der Waals surface area contributed by atoms with Gasteiger partial charge in [0.15, 0.2) is 0 Å². The molecule has 0 fully saturated rings. The Bertz CT molecular complexity index is 343. The molecule has 0 aliphatic carbocycles. The zero-order chi connectivity index (χ0) is 9.19. The number of aliphatic hydroxyl groups excluding tert-OH is 1. The predicted molar refractivity (Wildman–Crippen MR) is 43.0 cm³/mol. The van der Waals surface area contributed by atoms with E-state index in [4.69, 9.17) is 9.66 Å². The molecule has 0 radical (unpaired) electrons. The van der Waals surface area contributed by atoms with Crippen LogP contribution in [0.5, 0.6) is 0 Å². The molecule has 0 aliphatic heterocycles. The van der Waals surface area contributed by atoms with E-state index in [1.54, 1.807) is 18.2 Å². The lowest BCUT2D eigenvalue weighted by Crippen LogP contribution is -2.10. The van der Waals surface area contributed by atoms with E-state index in [1.807, 2.05) is 0 Å². The molecule has 0 saturated heterocycles. The first-order valence-electron chi connectivity index (χ1n) is 3.21. The maximum atomic E-state index is 10.4. The summed E-state index contributed by atoms with van der Waals surface area (Å²) in [5.74, 6) is 0. The molecule has 66 valence electrons. The van der Waals surface area contributed by atoms with E-state index in [0.717, 1.165) is 0 Å². The molecular formula is C7H8O4S. The predicted octanol–water partition coefficient (Wildman–Crippen LogP) is 0.565. The molecule has 2 N–H and O–H groups in total. The standard InChI is InChI=1S/C7H8O4S/c8-7(12(9,10)11)6-4-2-1-3-5-6/h1-5,7-8H,(H,9,10,11)/t7-/m1/s1. The molecule has 4 nitrogen and oxygen atoms in total. The quantitative estimate of drug-likeness (QED) is 0.665. The van der Waals surface area contributed by atoms with Gasteiger partial charge in [0.05, 0.1) is 0 Å². The fraction of sp³-hybridized carbons (Fsp3) is 0.143. The SMILES string of the molecule is O=S(=O)(O)[C@@H](O)c1ccccc1. The Labute approximate surface area is 70.2 Å². The Balaban J connectivity index is 3.02. The van der Waals surface area contributed by atoms with Gasteiger partial charge in [-0.1, -0.05) is 30.3 Å². The molecule has 1 aromatic rings. The molecule has 1 aromatic carbocycles. The molecule has 0 amide bonds. The van der Waals surface area contributed by atoms with Crippen molar-refractivity contribution in [2.45, 2.75) is 5.44 Å². The molecule has 0 bridgehead atoms. The molecule has 12 heavy (non-hydrogen) atoms.